The fourth-order valence-electron chi connectivity index (χ4n) is 2.28. The van der Waals surface area contributed by atoms with Crippen LogP contribution in [-0.2, 0) is 0 Å². The van der Waals surface area contributed by atoms with Gasteiger partial charge in [-0.1, -0.05) is 7.43 Å². The maximum absolute atomic E-state index is 8.63. The fraction of sp³-hybridized carbons (Fsp3) is 0.846. The molecule has 0 saturated carbocycles. The summed E-state index contributed by atoms with van der Waals surface area (Å²) in [5, 5.41) is 17.3. The van der Waals surface area contributed by atoms with Crippen molar-refractivity contribution in [2.45, 2.75) is 20.3 Å². The monoisotopic (exact) mass is 238 g/mol. The van der Waals surface area contributed by atoms with E-state index in [4.69, 9.17) is 10.5 Å². The van der Waals surface area contributed by atoms with Crippen LogP contribution in [0.1, 0.15) is 20.3 Å². The predicted molar refractivity (Wildman–Crippen MR) is 68.8 cm³/mol. The summed E-state index contributed by atoms with van der Waals surface area (Å²) in [5.41, 5.74) is 0. The van der Waals surface area contributed by atoms with Crippen molar-refractivity contribution >= 4 is 0 Å². The first-order chi connectivity index (χ1) is 7.54. The summed E-state index contributed by atoms with van der Waals surface area (Å²) < 4.78 is 2.04. The van der Waals surface area contributed by atoms with Gasteiger partial charge in [-0.2, -0.15) is 10.5 Å². The number of piperazine rings is 1. The van der Waals surface area contributed by atoms with E-state index in [9.17, 15) is 0 Å². The Bertz CT molecular complexity index is 270. The van der Waals surface area contributed by atoms with Gasteiger partial charge in [0.25, 0.3) is 0 Å². The molecular formula is C13H26N4+2. The number of hydrogen-bond donors (Lipinski definition) is 0. The summed E-state index contributed by atoms with van der Waals surface area (Å²) >= 11 is 0. The van der Waals surface area contributed by atoms with E-state index in [0.29, 0.717) is 12.8 Å². The maximum atomic E-state index is 8.63. The Hall–Kier alpha value is -1.10. The van der Waals surface area contributed by atoms with Crippen LogP contribution in [0.4, 0.5) is 0 Å². The zero-order valence-corrected chi connectivity index (χ0v) is 10.4. The number of quaternary nitrogens is 2. The Morgan fingerprint density at radius 2 is 1.12 bits per heavy atom. The summed E-state index contributed by atoms with van der Waals surface area (Å²) in [5.74, 6) is 0. The standard InChI is InChI=1S/C12H22N4.CH4/c1-15(7-3-5-13)9-11-16(2,12-10-15)8-4-6-14;/h3-4,7-12H2,1-2H3;1H4/q+2;. The van der Waals surface area contributed by atoms with Crippen LogP contribution in [-0.4, -0.2) is 62.3 Å². The van der Waals surface area contributed by atoms with E-state index in [1.165, 1.54) is 0 Å². The molecule has 0 aromatic heterocycles. The first kappa shape index (κ1) is 15.9. The normalized spacial score (nSPS) is 32.0. The van der Waals surface area contributed by atoms with Gasteiger partial charge in [0, 0.05) is 0 Å². The molecule has 96 valence electrons. The Balaban J connectivity index is 0.00000256. The number of nitriles is 2. The molecule has 0 aromatic rings. The average molecular weight is 238 g/mol. The van der Waals surface area contributed by atoms with Crippen molar-refractivity contribution in [3.63, 3.8) is 0 Å². The lowest BCUT2D eigenvalue weighted by atomic mass is 10.2. The molecule has 4 heteroatoms. The molecule has 4 nitrogen and oxygen atoms in total. The molecule has 1 heterocycles. The van der Waals surface area contributed by atoms with Crippen LogP contribution in [0, 0.1) is 22.7 Å². The second kappa shape index (κ2) is 6.59. The second-order valence-corrected chi connectivity index (χ2v) is 5.40. The number of nitrogens with zero attached hydrogens (tertiary/aromatic N) is 4. The van der Waals surface area contributed by atoms with E-state index in [1.807, 2.05) is 0 Å². The van der Waals surface area contributed by atoms with E-state index in [1.54, 1.807) is 0 Å². The molecule has 0 spiro atoms. The minimum atomic E-state index is 0. The third-order valence-electron chi connectivity index (χ3n) is 3.89. The van der Waals surface area contributed by atoms with Crippen LogP contribution in [0.25, 0.3) is 0 Å². The highest BCUT2D eigenvalue weighted by molar-refractivity contribution is 4.70. The number of rotatable bonds is 4. The van der Waals surface area contributed by atoms with Crippen molar-refractivity contribution in [2.75, 3.05) is 53.4 Å². The van der Waals surface area contributed by atoms with Crippen molar-refractivity contribution < 1.29 is 8.97 Å². The molecule has 0 unspecified atom stereocenters. The van der Waals surface area contributed by atoms with Gasteiger partial charge in [0.05, 0.1) is 52.2 Å². The lowest BCUT2D eigenvalue weighted by Crippen LogP contribution is -2.64. The van der Waals surface area contributed by atoms with Crippen LogP contribution in [0.3, 0.4) is 0 Å². The van der Waals surface area contributed by atoms with Gasteiger partial charge in [0.15, 0.2) is 0 Å². The van der Waals surface area contributed by atoms with E-state index in [-0.39, 0.29) is 7.43 Å². The number of likely N-dealkylation sites (N-methyl/N-ethyl adjacent to an activating group) is 2. The Morgan fingerprint density at radius 1 is 0.824 bits per heavy atom. The van der Waals surface area contributed by atoms with Gasteiger partial charge in [-0.05, 0) is 0 Å². The lowest BCUT2D eigenvalue weighted by Gasteiger charge is -2.45. The third-order valence-corrected chi connectivity index (χ3v) is 3.89. The van der Waals surface area contributed by atoms with Gasteiger partial charge in [-0.25, -0.2) is 0 Å². The topological polar surface area (TPSA) is 47.6 Å². The predicted octanol–water partition coefficient (Wildman–Crippen LogP) is 1.36. The lowest BCUT2D eigenvalue weighted by molar-refractivity contribution is -1.01. The minimum absolute atomic E-state index is 0. The largest absolute Gasteiger partial charge is 0.316 e. The molecule has 1 aliphatic heterocycles. The molecule has 0 bridgehead atoms. The van der Waals surface area contributed by atoms with Gasteiger partial charge in [-0.15, -0.1) is 0 Å². The average Bonchev–Trinajstić information content (AvgIpc) is 2.29. The molecule has 0 aromatic carbocycles. The molecule has 0 atom stereocenters. The molecule has 1 fully saturated rings. The van der Waals surface area contributed by atoms with Gasteiger partial charge >= 0.3 is 0 Å². The molecule has 1 aliphatic rings. The Morgan fingerprint density at radius 3 is 1.35 bits per heavy atom. The van der Waals surface area contributed by atoms with Crippen LogP contribution in [0.2, 0.25) is 0 Å². The van der Waals surface area contributed by atoms with Crippen molar-refractivity contribution in [3.05, 3.63) is 0 Å². The quantitative estimate of drug-likeness (QED) is 0.694. The smallest absolute Gasteiger partial charge is 0.128 e. The highest BCUT2D eigenvalue weighted by Crippen LogP contribution is 2.16. The maximum Gasteiger partial charge on any atom is 0.128 e. The van der Waals surface area contributed by atoms with Gasteiger partial charge in [-0.3, -0.25) is 0 Å². The van der Waals surface area contributed by atoms with Crippen LogP contribution in [0.15, 0.2) is 0 Å². The van der Waals surface area contributed by atoms with E-state index in [2.05, 4.69) is 26.2 Å². The van der Waals surface area contributed by atoms with Crippen molar-refractivity contribution in [1.82, 2.24) is 0 Å². The molecule has 0 aliphatic carbocycles. The van der Waals surface area contributed by atoms with Crippen molar-refractivity contribution in [3.8, 4) is 12.1 Å². The molecular weight excluding hydrogens is 212 g/mol. The third kappa shape index (κ3) is 4.73. The van der Waals surface area contributed by atoms with Crippen LogP contribution >= 0.6 is 0 Å². The van der Waals surface area contributed by atoms with Crippen molar-refractivity contribution in [2.24, 2.45) is 0 Å². The Kier molecular flexibility index (Phi) is 6.16. The molecule has 0 amide bonds. The zero-order valence-electron chi connectivity index (χ0n) is 10.4. The Labute approximate surface area is 106 Å². The van der Waals surface area contributed by atoms with Crippen LogP contribution in [0.5, 0.6) is 0 Å². The highest BCUT2D eigenvalue weighted by Gasteiger charge is 2.36. The zero-order chi connectivity index (χ0) is 12.1. The van der Waals surface area contributed by atoms with Crippen LogP contribution < -0.4 is 0 Å². The van der Waals surface area contributed by atoms with Gasteiger partial charge in [0.2, 0.25) is 0 Å². The van der Waals surface area contributed by atoms with E-state index >= 15 is 0 Å². The molecule has 1 saturated heterocycles. The van der Waals surface area contributed by atoms with E-state index in [0.717, 1.165) is 48.2 Å². The molecule has 17 heavy (non-hydrogen) atoms. The van der Waals surface area contributed by atoms with E-state index < -0.39 is 0 Å². The van der Waals surface area contributed by atoms with Gasteiger partial charge in [0.1, 0.15) is 26.2 Å². The summed E-state index contributed by atoms with van der Waals surface area (Å²) in [7, 11) is 4.48. The summed E-state index contributed by atoms with van der Waals surface area (Å²) in [6.45, 7) is 6.45. The second-order valence-electron chi connectivity index (χ2n) is 5.40. The summed E-state index contributed by atoms with van der Waals surface area (Å²) in [6.07, 6.45) is 1.30. The minimum Gasteiger partial charge on any atom is -0.316 e. The fourth-order valence-corrected chi connectivity index (χ4v) is 2.28. The molecule has 1 rings (SSSR count). The first-order valence-corrected chi connectivity index (χ1v) is 5.95. The van der Waals surface area contributed by atoms with Crippen molar-refractivity contribution in [1.29, 1.82) is 10.5 Å². The van der Waals surface area contributed by atoms with Gasteiger partial charge < -0.3 is 8.97 Å². The first-order valence-electron chi connectivity index (χ1n) is 5.95. The number of hydrogen-bond acceptors (Lipinski definition) is 2. The molecule has 0 N–H and O–H groups in total. The SMILES string of the molecule is C.C[N+]1(CCC#N)CC[N+](C)(CCC#N)CC1. The summed E-state index contributed by atoms with van der Waals surface area (Å²) in [4.78, 5) is 0. The molecule has 0 radical (unpaired) electrons. The highest BCUT2D eigenvalue weighted by atomic mass is 15.4. The summed E-state index contributed by atoms with van der Waals surface area (Å²) in [6, 6.07) is 4.46.